The normalized spacial score (nSPS) is 10.3. The molecule has 0 radical (unpaired) electrons. The highest BCUT2D eigenvalue weighted by Gasteiger charge is 2.17. The van der Waals surface area contributed by atoms with Gasteiger partial charge in [0, 0.05) is 17.8 Å². The van der Waals surface area contributed by atoms with Crippen molar-refractivity contribution in [1.29, 1.82) is 0 Å². The molecule has 0 saturated carbocycles. The zero-order valence-electron chi connectivity index (χ0n) is 12.9. The molecule has 0 N–H and O–H groups in total. The highest BCUT2D eigenvalue weighted by molar-refractivity contribution is 6.04. The van der Waals surface area contributed by atoms with E-state index >= 15 is 0 Å². The monoisotopic (exact) mass is 303 g/mol. The van der Waals surface area contributed by atoms with Gasteiger partial charge in [0.25, 0.3) is 5.91 Å². The van der Waals surface area contributed by atoms with E-state index in [0.29, 0.717) is 12.2 Å². The summed E-state index contributed by atoms with van der Waals surface area (Å²) in [7, 11) is 0. The van der Waals surface area contributed by atoms with Gasteiger partial charge in [0.1, 0.15) is 0 Å². The van der Waals surface area contributed by atoms with Crippen molar-refractivity contribution in [2.24, 2.45) is 0 Å². The van der Waals surface area contributed by atoms with Crippen molar-refractivity contribution in [2.45, 2.75) is 6.92 Å². The van der Waals surface area contributed by atoms with Crippen LogP contribution < -0.4 is 4.90 Å². The van der Waals surface area contributed by atoms with E-state index in [2.05, 4.69) is 10.2 Å². The van der Waals surface area contributed by atoms with Crippen LogP contribution in [0.4, 0.5) is 5.69 Å². The summed E-state index contributed by atoms with van der Waals surface area (Å²) in [6, 6.07) is 22.9. The van der Waals surface area contributed by atoms with Gasteiger partial charge in [0.05, 0.1) is 5.69 Å². The number of hydrogen-bond donors (Lipinski definition) is 0. The summed E-state index contributed by atoms with van der Waals surface area (Å²) in [6.45, 7) is 2.52. The fraction of sp³-hybridized carbons (Fsp3) is 0.105. The molecule has 114 valence electrons. The molecule has 0 spiro atoms. The predicted molar refractivity (Wildman–Crippen MR) is 91.3 cm³/mol. The molecule has 0 bridgehead atoms. The van der Waals surface area contributed by atoms with Crippen LogP contribution >= 0.6 is 0 Å². The Morgan fingerprint density at radius 1 is 0.870 bits per heavy atom. The second-order valence-corrected chi connectivity index (χ2v) is 5.05. The van der Waals surface area contributed by atoms with E-state index in [4.69, 9.17) is 0 Å². The van der Waals surface area contributed by atoms with Gasteiger partial charge in [-0.3, -0.25) is 4.79 Å². The molecule has 0 saturated heterocycles. The first-order chi connectivity index (χ1) is 11.3. The van der Waals surface area contributed by atoms with Crippen LogP contribution in [0.15, 0.2) is 72.8 Å². The van der Waals surface area contributed by atoms with Crippen molar-refractivity contribution in [2.75, 3.05) is 11.4 Å². The molecule has 1 aromatic heterocycles. The number of carbonyl (C=O) groups is 1. The number of aromatic nitrogens is 2. The van der Waals surface area contributed by atoms with Gasteiger partial charge in [-0.15, -0.1) is 10.2 Å². The first kappa shape index (κ1) is 14.9. The Kier molecular flexibility index (Phi) is 4.43. The fourth-order valence-corrected chi connectivity index (χ4v) is 2.40. The van der Waals surface area contributed by atoms with Crippen molar-refractivity contribution < 1.29 is 4.79 Å². The van der Waals surface area contributed by atoms with Gasteiger partial charge >= 0.3 is 0 Å². The van der Waals surface area contributed by atoms with E-state index in [1.807, 2.05) is 73.7 Å². The summed E-state index contributed by atoms with van der Waals surface area (Å²) in [5.41, 5.74) is 2.93. The maximum atomic E-state index is 12.6. The topological polar surface area (TPSA) is 46.1 Å². The molecule has 0 aliphatic rings. The van der Waals surface area contributed by atoms with Crippen molar-refractivity contribution in [3.8, 4) is 11.3 Å². The van der Waals surface area contributed by atoms with E-state index in [1.165, 1.54) is 0 Å². The van der Waals surface area contributed by atoms with E-state index in [1.54, 1.807) is 11.0 Å². The van der Waals surface area contributed by atoms with Crippen molar-refractivity contribution in [3.63, 3.8) is 0 Å². The number of nitrogens with zero attached hydrogens (tertiary/aromatic N) is 3. The van der Waals surface area contributed by atoms with E-state index < -0.39 is 0 Å². The lowest BCUT2D eigenvalue weighted by Gasteiger charge is -2.20. The molecule has 1 heterocycles. The van der Waals surface area contributed by atoms with Gasteiger partial charge in [-0.1, -0.05) is 48.5 Å². The molecule has 23 heavy (non-hydrogen) atoms. The maximum absolute atomic E-state index is 12.6. The Labute approximate surface area is 135 Å². The lowest BCUT2D eigenvalue weighted by atomic mass is 10.1. The lowest BCUT2D eigenvalue weighted by molar-refractivity contribution is 0.0982. The molecule has 3 rings (SSSR count). The summed E-state index contributed by atoms with van der Waals surface area (Å²) in [5.74, 6) is -0.147. The lowest BCUT2D eigenvalue weighted by Crippen LogP contribution is -2.31. The summed E-state index contributed by atoms with van der Waals surface area (Å²) in [4.78, 5) is 14.3. The van der Waals surface area contributed by atoms with Crippen LogP contribution in [0.2, 0.25) is 0 Å². The van der Waals surface area contributed by atoms with E-state index in [0.717, 1.165) is 16.9 Å². The molecule has 4 nitrogen and oxygen atoms in total. The van der Waals surface area contributed by atoms with Gasteiger partial charge < -0.3 is 4.90 Å². The van der Waals surface area contributed by atoms with Crippen LogP contribution in [0.1, 0.15) is 17.4 Å². The Morgan fingerprint density at radius 2 is 1.52 bits per heavy atom. The summed E-state index contributed by atoms with van der Waals surface area (Å²) in [5, 5.41) is 8.29. The van der Waals surface area contributed by atoms with Crippen LogP contribution in [-0.4, -0.2) is 22.6 Å². The van der Waals surface area contributed by atoms with Crippen LogP contribution in [0, 0.1) is 0 Å². The minimum absolute atomic E-state index is 0.147. The third-order valence-corrected chi connectivity index (χ3v) is 3.58. The third-order valence-electron chi connectivity index (χ3n) is 3.58. The Balaban J connectivity index is 1.85. The second-order valence-electron chi connectivity index (χ2n) is 5.05. The van der Waals surface area contributed by atoms with Gasteiger partial charge in [-0.2, -0.15) is 0 Å². The first-order valence-corrected chi connectivity index (χ1v) is 7.55. The first-order valence-electron chi connectivity index (χ1n) is 7.55. The molecule has 0 aliphatic heterocycles. The molecule has 4 heteroatoms. The summed E-state index contributed by atoms with van der Waals surface area (Å²) in [6.07, 6.45) is 0. The van der Waals surface area contributed by atoms with Crippen LogP contribution in [0.25, 0.3) is 11.3 Å². The number of benzene rings is 2. The predicted octanol–water partition coefficient (Wildman–Crippen LogP) is 3.81. The number of amides is 1. The van der Waals surface area contributed by atoms with Gasteiger partial charge in [-0.05, 0) is 31.2 Å². The summed E-state index contributed by atoms with van der Waals surface area (Å²) >= 11 is 0. The second kappa shape index (κ2) is 6.83. The van der Waals surface area contributed by atoms with Crippen molar-refractivity contribution >= 4 is 11.6 Å². The smallest absolute Gasteiger partial charge is 0.278 e. The molecule has 0 aliphatic carbocycles. The molecule has 0 fully saturated rings. The number of carbonyl (C=O) groups excluding carboxylic acids is 1. The number of anilines is 1. The van der Waals surface area contributed by atoms with Gasteiger partial charge in [0.2, 0.25) is 0 Å². The molecule has 1 amide bonds. The molecule has 3 aromatic rings. The number of para-hydroxylation sites is 1. The van der Waals surface area contributed by atoms with Crippen molar-refractivity contribution in [3.05, 3.63) is 78.5 Å². The number of rotatable bonds is 4. The SMILES string of the molecule is CCN(C(=O)c1ccc(-c2ccccc2)nn1)c1ccccc1. The minimum atomic E-state index is -0.147. The standard InChI is InChI=1S/C19H17N3O/c1-2-22(16-11-7-4-8-12-16)19(23)18-14-13-17(20-21-18)15-9-5-3-6-10-15/h3-14H,2H2,1H3. The quantitative estimate of drug-likeness (QED) is 0.736. The average molecular weight is 303 g/mol. The number of hydrogen-bond acceptors (Lipinski definition) is 3. The zero-order chi connectivity index (χ0) is 16.1. The molecule has 2 aromatic carbocycles. The largest absolute Gasteiger partial charge is 0.307 e. The molecule has 0 atom stereocenters. The van der Waals surface area contributed by atoms with Crippen LogP contribution in [0.5, 0.6) is 0 Å². The summed E-state index contributed by atoms with van der Waals surface area (Å²) < 4.78 is 0. The Bertz CT molecular complexity index is 771. The van der Waals surface area contributed by atoms with E-state index in [-0.39, 0.29) is 5.91 Å². The Hall–Kier alpha value is -3.01. The van der Waals surface area contributed by atoms with Crippen LogP contribution in [-0.2, 0) is 0 Å². The zero-order valence-corrected chi connectivity index (χ0v) is 12.9. The van der Waals surface area contributed by atoms with Gasteiger partial charge in [-0.25, -0.2) is 0 Å². The van der Waals surface area contributed by atoms with Crippen molar-refractivity contribution in [1.82, 2.24) is 10.2 Å². The van der Waals surface area contributed by atoms with Gasteiger partial charge in [0.15, 0.2) is 5.69 Å². The molecular formula is C19H17N3O. The minimum Gasteiger partial charge on any atom is -0.307 e. The average Bonchev–Trinajstić information content (AvgIpc) is 2.64. The maximum Gasteiger partial charge on any atom is 0.278 e. The third kappa shape index (κ3) is 3.26. The molecular weight excluding hydrogens is 286 g/mol. The molecule has 0 unspecified atom stereocenters. The van der Waals surface area contributed by atoms with E-state index in [9.17, 15) is 4.79 Å². The Morgan fingerprint density at radius 3 is 2.09 bits per heavy atom. The fourth-order valence-electron chi connectivity index (χ4n) is 2.40. The highest BCUT2D eigenvalue weighted by atomic mass is 16.2. The highest BCUT2D eigenvalue weighted by Crippen LogP contribution is 2.18. The van der Waals surface area contributed by atoms with Crippen LogP contribution in [0.3, 0.4) is 0 Å².